The maximum atomic E-state index is 13.2. The lowest BCUT2D eigenvalue weighted by Gasteiger charge is -2.12. The summed E-state index contributed by atoms with van der Waals surface area (Å²) in [5.41, 5.74) is 0.980. The molecule has 7 heteroatoms. The SMILES string of the molecule is O=C(COc1ccccc1C(=O)Nc1ccccc1)Nc1ccc(F)c(F)c1. The Kier molecular flexibility index (Phi) is 5.96. The standard InChI is InChI=1S/C21H16F2N2O3/c22-17-11-10-15(12-18(17)23)24-20(26)13-28-19-9-5-4-8-16(19)21(27)25-14-6-2-1-3-7-14/h1-12H,13H2,(H,24,26)(H,25,27). The fourth-order valence-electron chi connectivity index (χ4n) is 2.41. The first kappa shape index (κ1) is 19.0. The van der Waals surface area contributed by atoms with Gasteiger partial charge in [0.25, 0.3) is 11.8 Å². The molecule has 3 aromatic carbocycles. The van der Waals surface area contributed by atoms with Crippen LogP contribution in [0.25, 0.3) is 0 Å². The molecular formula is C21H16F2N2O3. The van der Waals surface area contributed by atoms with E-state index in [9.17, 15) is 18.4 Å². The fraction of sp³-hybridized carbons (Fsp3) is 0.0476. The third kappa shape index (κ3) is 4.91. The summed E-state index contributed by atoms with van der Waals surface area (Å²) in [7, 11) is 0. The largest absolute Gasteiger partial charge is 0.483 e. The number of hydrogen-bond donors (Lipinski definition) is 2. The molecule has 0 aliphatic rings. The van der Waals surface area contributed by atoms with Gasteiger partial charge in [0.15, 0.2) is 18.2 Å². The van der Waals surface area contributed by atoms with Gasteiger partial charge in [-0.25, -0.2) is 8.78 Å². The van der Waals surface area contributed by atoms with Crippen molar-refractivity contribution in [2.75, 3.05) is 17.2 Å². The summed E-state index contributed by atoms with van der Waals surface area (Å²) >= 11 is 0. The Hall–Kier alpha value is -3.74. The highest BCUT2D eigenvalue weighted by Gasteiger charge is 2.14. The zero-order chi connectivity index (χ0) is 19.9. The minimum absolute atomic E-state index is 0.0996. The molecule has 0 atom stereocenters. The van der Waals surface area contributed by atoms with Gasteiger partial charge < -0.3 is 15.4 Å². The molecule has 0 aliphatic heterocycles. The maximum Gasteiger partial charge on any atom is 0.262 e. The smallest absolute Gasteiger partial charge is 0.262 e. The molecule has 0 saturated heterocycles. The molecule has 28 heavy (non-hydrogen) atoms. The van der Waals surface area contributed by atoms with E-state index < -0.39 is 24.1 Å². The molecule has 0 fully saturated rings. The summed E-state index contributed by atoms with van der Waals surface area (Å²) in [6.07, 6.45) is 0. The Labute approximate surface area is 160 Å². The van der Waals surface area contributed by atoms with E-state index >= 15 is 0 Å². The monoisotopic (exact) mass is 382 g/mol. The quantitative estimate of drug-likeness (QED) is 0.670. The fourth-order valence-corrected chi connectivity index (χ4v) is 2.41. The molecule has 0 heterocycles. The van der Waals surface area contributed by atoms with Crippen molar-refractivity contribution in [1.29, 1.82) is 0 Å². The van der Waals surface area contributed by atoms with Gasteiger partial charge in [0.1, 0.15) is 5.75 Å². The number of nitrogens with one attached hydrogen (secondary N) is 2. The van der Waals surface area contributed by atoms with Gasteiger partial charge in [-0.3, -0.25) is 9.59 Å². The highest BCUT2D eigenvalue weighted by Crippen LogP contribution is 2.20. The summed E-state index contributed by atoms with van der Waals surface area (Å²) in [6.45, 7) is -0.408. The predicted molar refractivity (Wildman–Crippen MR) is 101 cm³/mol. The molecule has 0 radical (unpaired) electrons. The zero-order valence-corrected chi connectivity index (χ0v) is 14.6. The average molecular weight is 382 g/mol. The molecule has 2 N–H and O–H groups in total. The van der Waals surface area contributed by atoms with Gasteiger partial charge in [-0.15, -0.1) is 0 Å². The van der Waals surface area contributed by atoms with Crippen LogP contribution < -0.4 is 15.4 Å². The van der Waals surface area contributed by atoms with Crippen LogP contribution in [-0.2, 0) is 4.79 Å². The van der Waals surface area contributed by atoms with E-state index in [2.05, 4.69) is 10.6 Å². The number of hydrogen-bond acceptors (Lipinski definition) is 3. The first-order chi connectivity index (χ1) is 13.5. The van der Waals surface area contributed by atoms with E-state index in [1.165, 1.54) is 6.07 Å². The molecule has 2 amide bonds. The molecule has 0 bridgehead atoms. The third-order valence-corrected chi connectivity index (χ3v) is 3.73. The van der Waals surface area contributed by atoms with E-state index in [1.807, 2.05) is 6.07 Å². The lowest BCUT2D eigenvalue weighted by Crippen LogP contribution is -2.21. The lowest BCUT2D eigenvalue weighted by atomic mass is 10.2. The molecule has 3 aromatic rings. The number of halogens is 2. The number of rotatable bonds is 6. The van der Waals surface area contributed by atoms with Crippen LogP contribution in [0.3, 0.4) is 0 Å². The van der Waals surface area contributed by atoms with Gasteiger partial charge in [-0.1, -0.05) is 30.3 Å². The molecule has 0 aliphatic carbocycles. The lowest BCUT2D eigenvalue weighted by molar-refractivity contribution is -0.118. The van der Waals surface area contributed by atoms with Gasteiger partial charge in [0.2, 0.25) is 0 Å². The van der Waals surface area contributed by atoms with Crippen molar-refractivity contribution in [2.24, 2.45) is 0 Å². The van der Waals surface area contributed by atoms with E-state index in [1.54, 1.807) is 48.5 Å². The molecule has 3 rings (SSSR count). The van der Waals surface area contributed by atoms with Crippen molar-refractivity contribution in [3.05, 3.63) is 90.0 Å². The third-order valence-electron chi connectivity index (χ3n) is 3.73. The second-order valence-electron chi connectivity index (χ2n) is 5.78. The van der Waals surface area contributed by atoms with E-state index in [0.717, 1.165) is 12.1 Å². The minimum atomic E-state index is -1.07. The molecule has 0 spiro atoms. The summed E-state index contributed by atoms with van der Waals surface area (Å²) in [5.74, 6) is -2.82. The molecule has 0 unspecified atom stereocenters. The summed E-state index contributed by atoms with van der Waals surface area (Å²) < 4.78 is 31.6. The predicted octanol–water partition coefficient (Wildman–Crippen LogP) is 4.23. The average Bonchev–Trinajstić information content (AvgIpc) is 2.70. The van der Waals surface area contributed by atoms with Gasteiger partial charge in [0.05, 0.1) is 5.56 Å². The van der Waals surface area contributed by atoms with E-state index in [0.29, 0.717) is 5.69 Å². The van der Waals surface area contributed by atoms with Crippen molar-refractivity contribution >= 4 is 23.2 Å². The van der Waals surface area contributed by atoms with Crippen molar-refractivity contribution < 1.29 is 23.1 Å². The highest BCUT2D eigenvalue weighted by molar-refractivity contribution is 6.06. The minimum Gasteiger partial charge on any atom is -0.483 e. The Morgan fingerprint density at radius 2 is 1.50 bits per heavy atom. The Morgan fingerprint density at radius 1 is 0.786 bits per heavy atom. The number of carbonyl (C=O) groups is 2. The van der Waals surface area contributed by atoms with E-state index in [-0.39, 0.29) is 22.9 Å². The normalized spacial score (nSPS) is 10.2. The van der Waals surface area contributed by atoms with Gasteiger partial charge in [0, 0.05) is 17.4 Å². The van der Waals surface area contributed by atoms with Crippen LogP contribution in [0.4, 0.5) is 20.2 Å². The summed E-state index contributed by atoms with van der Waals surface area (Å²) in [4.78, 5) is 24.5. The Balaban J connectivity index is 1.63. The number of benzene rings is 3. The number of anilines is 2. The number of amides is 2. The van der Waals surface area contributed by atoms with Crippen LogP contribution >= 0.6 is 0 Å². The second-order valence-corrected chi connectivity index (χ2v) is 5.78. The van der Waals surface area contributed by atoms with Crippen molar-refractivity contribution in [1.82, 2.24) is 0 Å². The van der Waals surface area contributed by atoms with Gasteiger partial charge in [-0.2, -0.15) is 0 Å². The molecule has 5 nitrogen and oxygen atoms in total. The van der Waals surface area contributed by atoms with Crippen LogP contribution in [-0.4, -0.2) is 18.4 Å². The van der Waals surface area contributed by atoms with Crippen molar-refractivity contribution in [2.45, 2.75) is 0 Å². The number of ether oxygens (including phenoxy) is 1. The van der Waals surface area contributed by atoms with Crippen LogP contribution in [0.15, 0.2) is 72.8 Å². The second kappa shape index (κ2) is 8.77. The summed E-state index contributed by atoms with van der Waals surface area (Å²) in [6, 6.07) is 18.4. The first-order valence-corrected chi connectivity index (χ1v) is 8.36. The first-order valence-electron chi connectivity index (χ1n) is 8.36. The van der Waals surface area contributed by atoms with Gasteiger partial charge >= 0.3 is 0 Å². The van der Waals surface area contributed by atoms with Crippen LogP contribution in [0.5, 0.6) is 5.75 Å². The molecule has 142 valence electrons. The number of carbonyl (C=O) groups excluding carboxylic acids is 2. The maximum absolute atomic E-state index is 13.2. The van der Waals surface area contributed by atoms with Crippen LogP contribution in [0, 0.1) is 11.6 Å². The van der Waals surface area contributed by atoms with Crippen molar-refractivity contribution in [3.8, 4) is 5.75 Å². The summed E-state index contributed by atoms with van der Waals surface area (Å²) in [5, 5.41) is 5.14. The van der Waals surface area contributed by atoms with E-state index in [4.69, 9.17) is 4.74 Å². The Morgan fingerprint density at radius 3 is 2.25 bits per heavy atom. The molecule has 0 saturated carbocycles. The van der Waals surface area contributed by atoms with Gasteiger partial charge in [-0.05, 0) is 36.4 Å². The van der Waals surface area contributed by atoms with Crippen molar-refractivity contribution in [3.63, 3.8) is 0 Å². The Bertz CT molecular complexity index is 994. The van der Waals surface area contributed by atoms with Crippen LogP contribution in [0.2, 0.25) is 0 Å². The molecule has 0 aromatic heterocycles. The highest BCUT2D eigenvalue weighted by atomic mass is 19.2. The number of para-hydroxylation sites is 2. The topological polar surface area (TPSA) is 67.4 Å². The zero-order valence-electron chi connectivity index (χ0n) is 14.6. The van der Waals surface area contributed by atoms with Crippen LogP contribution in [0.1, 0.15) is 10.4 Å². The molecular weight excluding hydrogens is 366 g/mol.